The molecule has 1 amide bonds. The number of amides is 1. The van der Waals surface area contributed by atoms with E-state index >= 15 is 0 Å². The molecule has 0 aromatic carbocycles. The predicted octanol–water partition coefficient (Wildman–Crippen LogP) is 2.20. The fourth-order valence-electron chi connectivity index (χ4n) is 2.24. The second kappa shape index (κ2) is 10.7. The third-order valence-electron chi connectivity index (χ3n) is 3.65. The van der Waals surface area contributed by atoms with Crippen molar-refractivity contribution >= 4 is 41.2 Å². The van der Waals surface area contributed by atoms with Gasteiger partial charge >= 0.3 is 6.09 Å². The van der Waals surface area contributed by atoms with Crippen molar-refractivity contribution in [2.24, 2.45) is 11.6 Å². The van der Waals surface area contributed by atoms with Crippen molar-refractivity contribution < 1.29 is 9.53 Å². The molecule has 10 nitrogen and oxygen atoms in total. The van der Waals surface area contributed by atoms with Crippen LogP contribution in [0.5, 0.6) is 0 Å². The third kappa shape index (κ3) is 6.39. The number of pyridine rings is 2. The molecule has 0 aliphatic heterocycles. The molecular formula is C17H23ClN8O2S. The largest absolute Gasteiger partial charge is 0.441 e. The first-order chi connectivity index (χ1) is 13.8. The van der Waals surface area contributed by atoms with Gasteiger partial charge in [-0.3, -0.25) is 15.3 Å². The zero-order valence-corrected chi connectivity index (χ0v) is 17.7. The van der Waals surface area contributed by atoms with E-state index in [-0.39, 0.29) is 16.7 Å². The molecular weight excluding hydrogens is 416 g/mol. The summed E-state index contributed by atoms with van der Waals surface area (Å²) in [5.41, 5.74) is 8.12. The molecule has 0 bridgehead atoms. The van der Waals surface area contributed by atoms with Gasteiger partial charge in [-0.05, 0) is 32.2 Å². The van der Waals surface area contributed by atoms with Crippen molar-refractivity contribution in [1.29, 1.82) is 0 Å². The number of hydrogen-bond donors (Lipinski definition) is 5. The Morgan fingerprint density at radius 2 is 2.10 bits per heavy atom. The average molecular weight is 439 g/mol. The molecule has 2 rings (SSSR count). The number of nitrogens with two attached hydrogens (primary N) is 2. The van der Waals surface area contributed by atoms with Gasteiger partial charge in [-0.1, -0.05) is 17.7 Å². The summed E-state index contributed by atoms with van der Waals surface area (Å²) in [6, 6.07) is 6.91. The van der Waals surface area contributed by atoms with E-state index in [0.717, 1.165) is 5.69 Å². The van der Waals surface area contributed by atoms with Gasteiger partial charge in [-0.2, -0.15) is 0 Å². The molecule has 1 atom stereocenters. The lowest BCUT2D eigenvalue weighted by Gasteiger charge is -2.21. The molecule has 2 heterocycles. The molecule has 0 saturated heterocycles. The Balaban J connectivity index is 2.13. The Labute approximate surface area is 178 Å². The maximum atomic E-state index is 12.4. The number of carbonyl (C=O) groups excluding carboxylic acids is 1. The van der Waals surface area contributed by atoms with Crippen LogP contribution < -0.4 is 26.3 Å². The number of anilines is 1. The minimum atomic E-state index is -0.753. The van der Waals surface area contributed by atoms with E-state index in [9.17, 15) is 4.79 Å². The standard InChI is InChI=1S/C17H23ClN8O2S/c1-10(12-5-4-8-22-15(12)18)28-17(27)24-16(26(3)20)14(19)13-7-6-11(9-23-13)25-29-21-2/h4-10,21,25H,19-20H2,1-3H3,(H,24,27)/b16-14-. The lowest BCUT2D eigenvalue weighted by molar-refractivity contribution is 0.107. The van der Waals surface area contributed by atoms with E-state index in [1.807, 2.05) is 0 Å². The quantitative estimate of drug-likeness (QED) is 0.180. The highest BCUT2D eigenvalue weighted by atomic mass is 35.5. The molecule has 7 N–H and O–H groups in total. The van der Waals surface area contributed by atoms with Crippen LogP contribution in [0.3, 0.4) is 0 Å². The molecule has 2 aromatic rings. The highest BCUT2D eigenvalue weighted by Crippen LogP contribution is 2.23. The van der Waals surface area contributed by atoms with E-state index in [1.165, 1.54) is 24.2 Å². The van der Waals surface area contributed by atoms with E-state index in [2.05, 4.69) is 24.7 Å². The summed E-state index contributed by atoms with van der Waals surface area (Å²) in [6.07, 6.45) is 1.77. The van der Waals surface area contributed by atoms with Gasteiger partial charge in [-0.15, -0.1) is 0 Å². The van der Waals surface area contributed by atoms with E-state index in [1.54, 1.807) is 50.6 Å². The summed E-state index contributed by atoms with van der Waals surface area (Å²) in [5, 5.41) is 3.97. The zero-order valence-electron chi connectivity index (χ0n) is 16.1. The molecule has 29 heavy (non-hydrogen) atoms. The number of ether oxygens (including phenoxy) is 1. The maximum absolute atomic E-state index is 12.4. The minimum absolute atomic E-state index is 0.136. The van der Waals surface area contributed by atoms with E-state index in [0.29, 0.717) is 11.3 Å². The van der Waals surface area contributed by atoms with Gasteiger partial charge in [0.15, 0.2) is 5.82 Å². The summed E-state index contributed by atoms with van der Waals surface area (Å²) in [7, 11) is 3.32. The molecule has 0 aliphatic rings. The van der Waals surface area contributed by atoms with Crippen molar-refractivity contribution in [2.75, 3.05) is 18.8 Å². The zero-order chi connectivity index (χ0) is 21.4. The highest BCUT2D eigenvalue weighted by Gasteiger charge is 2.19. The SMILES string of the molecule is CNSNc1ccc(/C(N)=C(\NC(=O)OC(C)c2cccnc2Cl)N(C)N)nc1. The molecule has 1 unspecified atom stereocenters. The molecule has 12 heteroatoms. The van der Waals surface area contributed by atoms with Crippen LogP contribution in [0.4, 0.5) is 10.5 Å². The Kier molecular flexibility index (Phi) is 8.34. The smallest absolute Gasteiger partial charge is 0.413 e. The lowest BCUT2D eigenvalue weighted by Crippen LogP contribution is -2.39. The first-order valence-corrected chi connectivity index (χ1v) is 9.64. The third-order valence-corrected chi connectivity index (χ3v) is 4.51. The number of hydrazine groups is 1. The highest BCUT2D eigenvalue weighted by molar-refractivity contribution is 7.98. The van der Waals surface area contributed by atoms with Gasteiger partial charge in [0.05, 0.1) is 17.6 Å². The summed E-state index contributed by atoms with van der Waals surface area (Å²) in [5.74, 6) is 5.96. The molecule has 0 radical (unpaired) electrons. The molecule has 0 aliphatic carbocycles. The number of nitrogens with one attached hydrogen (secondary N) is 3. The van der Waals surface area contributed by atoms with Crippen LogP contribution in [0.1, 0.15) is 24.3 Å². The van der Waals surface area contributed by atoms with Gasteiger partial charge in [0, 0.05) is 30.9 Å². The molecule has 2 aromatic heterocycles. The maximum Gasteiger partial charge on any atom is 0.413 e. The van der Waals surface area contributed by atoms with Gasteiger partial charge in [0.2, 0.25) is 0 Å². The number of halogens is 1. The number of carbonyl (C=O) groups is 1. The second-order valence-corrected chi connectivity index (χ2v) is 6.94. The number of hydrogen-bond acceptors (Lipinski definition) is 10. The van der Waals surface area contributed by atoms with Crippen molar-refractivity contribution in [3.8, 4) is 0 Å². The van der Waals surface area contributed by atoms with Gasteiger partial charge in [-0.25, -0.2) is 20.3 Å². The van der Waals surface area contributed by atoms with Crippen LogP contribution in [0.15, 0.2) is 42.5 Å². The molecule has 156 valence electrons. The summed E-state index contributed by atoms with van der Waals surface area (Å²) in [6.45, 7) is 1.68. The Hall–Kier alpha value is -2.73. The second-order valence-electron chi connectivity index (χ2n) is 5.77. The summed E-state index contributed by atoms with van der Waals surface area (Å²) in [4.78, 5) is 20.6. The van der Waals surface area contributed by atoms with E-state index in [4.69, 9.17) is 27.9 Å². The van der Waals surface area contributed by atoms with Crippen LogP contribution >= 0.6 is 23.7 Å². The predicted molar refractivity (Wildman–Crippen MR) is 115 cm³/mol. The van der Waals surface area contributed by atoms with Crippen molar-refractivity contribution in [1.82, 2.24) is 25.0 Å². The number of nitrogens with zero attached hydrogens (tertiary/aromatic N) is 3. The van der Waals surface area contributed by atoms with Crippen molar-refractivity contribution in [3.63, 3.8) is 0 Å². The van der Waals surface area contributed by atoms with Crippen LogP contribution in [0.25, 0.3) is 5.70 Å². The van der Waals surface area contributed by atoms with Gasteiger partial charge in [0.25, 0.3) is 0 Å². The molecule has 0 saturated carbocycles. The first kappa shape index (κ1) is 22.6. The normalized spacial score (nSPS) is 12.6. The van der Waals surface area contributed by atoms with Crippen LogP contribution in [-0.2, 0) is 4.74 Å². The number of alkyl carbamates (subject to hydrolysis) is 1. The summed E-state index contributed by atoms with van der Waals surface area (Å²) < 4.78 is 11.3. The Morgan fingerprint density at radius 1 is 1.34 bits per heavy atom. The number of aromatic nitrogens is 2. The van der Waals surface area contributed by atoms with Gasteiger partial charge < -0.3 is 15.2 Å². The van der Waals surface area contributed by atoms with Gasteiger partial charge in [0.1, 0.15) is 17.0 Å². The van der Waals surface area contributed by atoms with Crippen LogP contribution in [0.2, 0.25) is 5.15 Å². The lowest BCUT2D eigenvalue weighted by atomic mass is 10.2. The summed E-state index contributed by atoms with van der Waals surface area (Å²) >= 11 is 7.34. The minimum Gasteiger partial charge on any atom is -0.441 e. The monoisotopic (exact) mass is 438 g/mol. The Bertz CT molecular complexity index is 863. The van der Waals surface area contributed by atoms with E-state index < -0.39 is 12.2 Å². The fraction of sp³-hybridized carbons (Fsp3) is 0.235. The van der Waals surface area contributed by atoms with Crippen molar-refractivity contribution in [2.45, 2.75) is 13.0 Å². The fourth-order valence-corrected chi connectivity index (χ4v) is 2.86. The van der Waals surface area contributed by atoms with Crippen LogP contribution in [0, 0.1) is 0 Å². The average Bonchev–Trinajstić information content (AvgIpc) is 2.70. The first-order valence-electron chi connectivity index (χ1n) is 8.44. The van der Waals surface area contributed by atoms with Crippen molar-refractivity contribution in [3.05, 3.63) is 58.9 Å². The number of rotatable bonds is 8. The molecule has 0 spiro atoms. The Morgan fingerprint density at radius 3 is 2.69 bits per heavy atom. The van der Waals surface area contributed by atoms with Crippen LogP contribution in [-0.4, -0.2) is 35.2 Å². The molecule has 0 fully saturated rings. The topological polar surface area (TPSA) is 143 Å².